The van der Waals surface area contributed by atoms with Gasteiger partial charge in [0, 0.05) is 7.05 Å². The van der Waals surface area contributed by atoms with Crippen LogP contribution in [0, 0.1) is 0 Å². The lowest BCUT2D eigenvalue weighted by Gasteiger charge is -2.04. The fraction of sp³-hybridized carbons (Fsp3) is 0.417. The molecule has 0 aliphatic rings. The second-order valence-electron chi connectivity index (χ2n) is 4.15. The number of rotatable bonds is 4. The highest BCUT2D eigenvalue weighted by Crippen LogP contribution is 2.33. The highest BCUT2D eigenvalue weighted by Gasteiger charge is 2.35. The van der Waals surface area contributed by atoms with E-state index in [0.29, 0.717) is 23.4 Å². The first-order valence-corrected chi connectivity index (χ1v) is 6.55. The van der Waals surface area contributed by atoms with Crippen LogP contribution in [0.25, 0.3) is 10.6 Å². The van der Waals surface area contributed by atoms with Crippen molar-refractivity contribution in [2.75, 3.05) is 6.67 Å². The van der Waals surface area contributed by atoms with Gasteiger partial charge in [0.25, 0.3) is 0 Å². The highest BCUT2D eigenvalue weighted by molar-refractivity contribution is 7.13. The summed E-state index contributed by atoms with van der Waals surface area (Å²) in [5.41, 5.74) is 0.449. The average Bonchev–Trinajstić information content (AvgIpc) is 2.91. The van der Waals surface area contributed by atoms with E-state index in [1.54, 1.807) is 6.07 Å². The first-order chi connectivity index (χ1) is 8.91. The van der Waals surface area contributed by atoms with E-state index in [9.17, 15) is 17.6 Å². The van der Waals surface area contributed by atoms with Crippen LogP contribution in [-0.2, 0) is 19.6 Å². The van der Waals surface area contributed by atoms with Gasteiger partial charge in [-0.25, -0.2) is 0 Å². The predicted octanol–water partition coefficient (Wildman–Crippen LogP) is 4.07. The summed E-state index contributed by atoms with van der Waals surface area (Å²) >= 11 is 1.32. The first kappa shape index (κ1) is 14.0. The molecule has 0 aliphatic carbocycles. The fourth-order valence-corrected chi connectivity index (χ4v) is 2.67. The summed E-state index contributed by atoms with van der Waals surface area (Å²) in [4.78, 5) is 0.667. The van der Waals surface area contributed by atoms with Gasteiger partial charge in [-0.1, -0.05) is 0 Å². The molecule has 104 valence electrons. The van der Waals surface area contributed by atoms with Gasteiger partial charge < -0.3 is 0 Å². The van der Waals surface area contributed by atoms with Gasteiger partial charge in [-0.2, -0.15) is 18.3 Å². The third kappa shape index (κ3) is 3.15. The molecule has 2 heterocycles. The lowest BCUT2D eigenvalue weighted by Crippen LogP contribution is -2.11. The normalized spacial score (nSPS) is 12.1. The molecule has 2 aromatic rings. The van der Waals surface area contributed by atoms with Crippen LogP contribution in [0.5, 0.6) is 0 Å². The lowest BCUT2D eigenvalue weighted by molar-refractivity contribution is -0.143. The molecule has 7 heteroatoms. The molecule has 0 amide bonds. The molecule has 2 aromatic heterocycles. The molecule has 0 saturated carbocycles. The summed E-state index contributed by atoms with van der Waals surface area (Å²) in [6.45, 7) is -0.396. The van der Waals surface area contributed by atoms with Crippen molar-refractivity contribution in [1.29, 1.82) is 0 Å². The van der Waals surface area contributed by atoms with Gasteiger partial charge in [0.1, 0.15) is 11.4 Å². The molecule has 0 N–H and O–H groups in total. The van der Waals surface area contributed by atoms with E-state index in [2.05, 4.69) is 5.10 Å². The molecule has 0 unspecified atom stereocenters. The number of nitrogens with zero attached hydrogens (tertiary/aromatic N) is 2. The van der Waals surface area contributed by atoms with Gasteiger partial charge in [0.2, 0.25) is 0 Å². The third-order valence-electron chi connectivity index (χ3n) is 2.68. The Hall–Kier alpha value is -1.37. The number of aromatic nitrogens is 2. The molecule has 0 saturated heterocycles. The van der Waals surface area contributed by atoms with E-state index >= 15 is 0 Å². The molecule has 2 nitrogen and oxygen atoms in total. The van der Waals surface area contributed by atoms with E-state index < -0.39 is 18.5 Å². The van der Waals surface area contributed by atoms with Gasteiger partial charge in [0.05, 0.1) is 11.6 Å². The van der Waals surface area contributed by atoms with E-state index in [1.165, 1.54) is 18.4 Å². The number of halogens is 4. The maximum absolute atomic E-state index is 12.7. The first-order valence-electron chi connectivity index (χ1n) is 5.67. The Morgan fingerprint density at radius 1 is 1.32 bits per heavy atom. The summed E-state index contributed by atoms with van der Waals surface area (Å²) in [7, 11) is 1.27. The average molecular weight is 292 g/mol. The molecule has 19 heavy (non-hydrogen) atoms. The number of hydrogen-bond donors (Lipinski definition) is 0. The zero-order valence-corrected chi connectivity index (χ0v) is 11.0. The van der Waals surface area contributed by atoms with Crippen molar-refractivity contribution >= 4 is 11.3 Å². The standard InChI is InChI=1S/C12H12F4N2S/c1-18-11(12(14,15)16)6-9(17-18)10-5-8(7-19-10)3-2-4-13/h5-7H,2-4H2,1H3. The van der Waals surface area contributed by atoms with Crippen LogP contribution in [0.15, 0.2) is 17.5 Å². The molecule has 0 bridgehead atoms. The predicted molar refractivity (Wildman–Crippen MR) is 65.8 cm³/mol. The van der Waals surface area contributed by atoms with Crippen LogP contribution in [0.1, 0.15) is 17.7 Å². The second-order valence-corrected chi connectivity index (χ2v) is 5.06. The quantitative estimate of drug-likeness (QED) is 0.777. The number of aryl methyl sites for hydroxylation is 2. The Bertz CT molecular complexity index is 556. The Morgan fingerprint density at radius 2 is 2.05 bits per heavy atom. The molecule has 0 atom stereocenters. The SMILES string of the molecule is Cn1nc(-c2cc(CCCF)cs2)cc1C(F)(F)F. The van der Waals surface area contributed by atoms with Crippen LogP contribution >= 0.6 is 11.3 Å². The van der Waals surface area contributed by atoms with Crippen LogP contribution in [0.3, 0.4) is 0 Å². The van der Waals surface area contributed by atoms with E-state index in [4.69, 9.17) is 0 Å². The molecular formula is C12H12F4N2S. The minimum atomic E-state index is -4.41. The van der Waals surface area contributed by atoms with Crippen LogP contribution in [0.2, 0.25) is 0 Å². The number of alkyl halides is 4. The van der Waals surface area contributed by atoms with Crippen molar-refractivity contribution in [3.63, 3.8) is 0 Å². The van der Waals surface area contributed by atoms with Crippen LogP contribution < -0.4 is 0 Å². The summed E-state index contributed by atoms with van der Waals surface area (Å²) in [5.74, 6) is 0. The van der Waals surface area contributed by atoms with Gasteiger partial charge in [-0.3, -0.25) is 9.07 Å². The van der Waals surface area contributed by atoms with Crippen LogP contribution in [-0.4, -0.2) is 16.5 Å². The van der Waals surface area contributed by atoms with Gasteiger partial charge in [0.15, 0.2) is 0 Å². The van der Waals surface area contributed by atoms with Crippen molar-refractivity contribution in [3.8, 4) is 10.6 Å². The Kier molecular flexibility index (Phi) is 3.93. The Labute approximate surface area is 111 Å². The van der Waals surface area contributed by atoms with E-state index in [-0.39, 0.29) is 0 Å². The maximum Gasteiger partial charge on any atom is 0.433 e. The van der Waals surface area contributed by atoms with Crippen molar-refractivity contribution in [3.05, 3.63) is 28.8 Å². The molecule has 0 spiro atoms. The zero-order chi connectivity index (χ0) is 14.0. The summed E-state index contributed by atoms with van der Waals surface area (Å²) in [5, 5.41) is 5.70. The largest absolute Gasteiger partial charge is 0.433 e. The van der Waals surface area contributed by atoms with Crippen molar-refractivity contribution < 1.29 is 17.6 Å². The molecular weight excluding hydrogens is 280 g/mol. The highest BCUT2D eigenvalue weighted by atomic mass is 32.1. The van der Waals surface area contributed by atoms with Gasteiger partial charge in [-0.05, 0) is 35.9 Å². The number of hydrogen-bond acceptors (Lipinski definition) is 2. The molecule has 0 aromatic carbocycles. The molecule has 0 radical (unpaired) electrons. The zero-order valence-electron chi connectivity index (χ0n) is 10.2. The summed E-state index contributed by atoms with van der Waals surface area (Å²) < 4.78 is 50.8. The minimum absolute atomic E-state index is 0.298. The Morgan fingerprint density at radius 3 is 2.63 bits per heavy atom. The van der Waals surface area contributed by atoms with Crippen molar-refractivity contribution in [2.45, 2.75) is 19.0 Å². The van der Waals surface area contributed by atoms with Crippen LogP contribution in [0.4, 0.5) is 17.6 Å². The number of thiophene rings is 1. The minimum Gasteiger partial charge on any atom is -0.263 e. The van der Waals surface area contributed by atoms with Gasteiger partial charge in [-0.15, -0.1) is 11.3 Å². The summed E-state index contributed by atoms with van der Waals surface area (Å²) in [6.07, 6.45) is -3.40. The maximum atomic E-state index is 12.7. The molecule has 2 rings (SSSR count). The van der Waals surface area contributed by atoms with E-state index in [1.807, 2.05) is 5.38 Å². The topological polar surface area (TPSA) is 17.8 Å². The monoisotopic (exact) mass is 292 g/mol. The third-order valence-corrected chi connectivity index (χ3v) is 3.68. The van der Waals surface area contributed by atoms with Crippen molar-refractivity contribution in [1.82, 2.24) is 9.78 Å². The van der Waals surface area contributed by atoms with Gasteiger partial charge >= 0.3 is 6.18 Å². The Balaban J connectivity index is 2.25. The smallest absolute Gasteiger partial charge is 0.263 e. The molecule has 0 fully saturated rings. The second kappa shape index (κ2) is 5.32. The van der Waals surface area contributed by atoms with Crippen molar-refractivity contribution in [2.24, 2.45) is 7.05 Å². The summed E-state index contributed by atoms with van der Waals surface area (Å²) in [6, 6.07) is 2.80. The van der Waals surface area contributed by atoms with E-state index in [0.717, 1.165) is 16.3 Å². The lowest BCUT2D eigenvalue weighted by atomic mass is 10.2. The fourth-order valence-electron chi connectivity index (χ4n) is 1.76. The molecule has 0 aliphatic heterocycles.